The lowest BCUT2D eigenvalue weighted by Gasteiger charge is -2.37. The second-order valence-corrected chi connectivity index (χ2v) is 12.5. The Morgan fingerprint density at radius 2 is 1.91 bits per heavy atom. The van der Waals surface area contributed by atoms with E-state index in [1.54, 1.807) is 17.0 Å². The van der Waals surface area contributed by atoms with Gasteiger partial charge in [0, 0.05) is 38.9 Å². The third-order valence-corrected chi connectivity index (χ3v) is 7.38. The Balaban J connectivity index is 1.97. The van der Waals surface area contributed by atoms with E-state index in [9.17, 15) is 18.0 Å². The molecule has 0 radical (unpaired) electrons. The number of nitrogens with one attached hydrogen (secondary N) is 1. The van der Waals surface area contributed by atoms with Crippen LogP contribution in [0.4, 0.5) is 10.5 Å². The van der Waals surface area contributed by atoms with Crippen molar-refractivity contribution in [3.8, 4) is 0 Å². The van der Waals surface area contributed by atoms with Crippen molar-refractivity contribution < 1.29 is 22.7 Å². The van der Waals surface area contributed by atoms with Crippen molar-refractivity contribution in [2.24, 2.45) is 5.92 Å². The number of nitrogens with zero attached hydrogens (tertiary/aromatic N) is 3. The molecule has 1 aliphatic heterocycles. The number of hydrogen-bond donors (Lipinski definition) is 1. The van der Waals surface area contributed by atoms with E-state index in [0.29, 0.717) is 18.8 Å². The van der Waals surface area contributed by atoms with Gasteiger partial charge in [-0.1, -0.05) is 6.07 Å². The molecule has 0 spiro atoms. The highest BCUT2D eigenvalue weighted by atomic mass is 32.2. The maximum absolute atomic E-state index is 12.7. The third kappa shape index (κ3) is 8.25. The SMILES string of the molecule is CC(C)N(C[C@@H]1CCCN(CC(=O)Nc2cccc(S(=O)(=O)N(C)C)c2)C1)C(=O)OC(C)(C)C. The number of piperidine rings is 1. The van der Waals surface area contributed by atoms with Gasteiger partial charge < -0.3 is 15.0 Å². The number of ether oxygens (including phenoxy) is 1. The van der Waals surface area contributed by atoms with Gasteiger partial charge in [-0.25, -0.2) is 17.5 Å². The molecule has 2 amide bonds. The summed E-state index contributed by atoms with van der Waals surface area (Å²) in [4.78, 5) is 29.3. The second-order valence-electron chi connectivity index (χ2n) is 10.3. The van der Waals surface area contributed by atoms with Crippen molar-refractivity contribution in [3.63, 3.8) is 0 Å². The summed E-state index contributed by atoms with van der Waals surface area (Å²) < 4.78 is 31.4. The average Bonchev–Trinajstić information content (AvgIpc) is 2.70. The average molecular weight is 497 g/mol. The van der Waals surface area contributed by atoms with Gasteiger partial charge in [0.05, 0.1) is 11.4 Å². The number of anilines is 1. The molecule has 1 aromatic rings. The Morgan fingerprint density at radius 3 is 2.50 bits per heavy atom. The summed E-state index contributed by atoms with van der Waals surface area (Å²) in [6, 6.07) is 6.27. The van der Waals surface area contributed by atoms with Crippen LogP contribution >= 0.6 is 0 Å². The number of benzene rings is 1. The zero-order valence-corrected chi connectivity index (χ0v) is 22.3. The van der Waals surface area contributed by atoms with Crippen LogP contribution in [-0.2, 0) is 19.6 Å². The molecule has 10 heteroatoms. The van der Waals surface area contributed by atoms with Crippen molar-refractivity contribution in [2.45, 2.75) is 64.0 Å². The normalized spacial score (nSPS) is 17.6. The van der Waals surface area contributed by atoms with E-state index >= 15 is 0 Å². The predicted molar refractivity (Wildman–Crippen MR) is 133 cm³/mol. The van der Waals surface area contributed by atoms with Crippen LogP contribution in [0.1, 0.15) is 47.5 Å². The number of rotatable bonds is 8. The maximum atomic E-state index is 12.7. The Kier molecular flexibility index (Phi) is 9.50. The summed E-state index contributed by atoms with van der Waals surface area (Å²) in [5.74, 6) is 0.0398. The van der Waals surface area contributed by atoms with Crippen LogP contribution in [0.25, 0.3) is 0 Å². The van der Waals surface area contributed by atoms with Crippen molar-refractivity contribution >= 4 is 27.7 Å². The van der Waals surface area contributed by atoms with Gasteiger partial charge >= 0.3 is 6.09 Å². The molecule has 0 saturated carbocycles. The highest BCUT2D eigenvalue weighted by Crippen LogP contribution is 2.21. The topological polar surface area (TPSA) is 99.3 Å². The molecule has 34 heavy (non-hydrogen) atoms. The van der Waals surface area contributed by atoms with Crippen LogP contribution in [0.3, 0.4) is 0 Å². The van der Waals surface area contributed by atoms with Gasteiger partial charge in [-0.2, -0.15) is 0 Å². The lowest BCUT2D eigenvalue weighted by molar-refractivity contribution is -0.117. The summed E-state index contributed by atoms with van der Waals surface area (Å²) in [5, 5.41) is 2.81. The Hall–Kier alpha value is -2.17. The standard InChI is InChI=1S/C24H40N4O5S/c1-18(2)28(23(30)33-24(3,4)5)16-19-10-9-13-27(15-19)17-22(29)25-20-11-8-12-21(14-20)34(31,32)26(6)7/h8,11-12,14,18-19H,9-10,13,15-17H2,1-7H3,(H,25,29)/t19-/m1/s1. The number of sulfonamides is 1. The molecule has 9 nitrogen and oxygen atoms in total. The molecule has 1 aliphatic rings. The summed E-state index contributed by atoms with van der Waals surface area (Å²) in [5.41, 5.74) is -0.109. The minimum Gasteiger partial charge on any atom is -0.444 e. The largest absolute Gasteiger partial charge is 0.444 e. The van der Waals surface area contributed by atoms with Crippen LogP contribution in [0, 0.1) is 5.92 Å². The minimum absolute atomic E-state index is 0.0132. The highest BCUT2D eigenvalue weighted by molar-refractivity contribution is 7.89. The Labute approximate surface area is 204 Å². The van der Waals surface area contributed by atoms with E-state index in [1.165, 1.54) is 26.2 Å². The van der Waals surface area contributed by atoms with E-state index < -0.39 is 15.6 Å². The van der Waals surface area contributed by atoms with Crippen LogP contribution in [0.15, 0.2) is 29.2 Å². The van der Waals surface area contributed by atoms with E-state index in [2.05, 4.69) is 10.2 Å². The molecule has 1 aromatic carbocycles. The van der Waals surface area contributed by atoms with Crippen LogP contribution in [0.2, 0.25) is 0 Å². The molecule has 192 valence electrons. The number of carbonyl (C=O) groups is 2. The van der Waals surface area contributed by atoms with Crippen LogP contribution in [-0.4, -0.2) is 86.4 Å². The van der Waals surface area contributed by atoms with E-state index in [1.807, 2.05) is 34.6 Å². The molecule has 2 rings (SSSR count). The van der Waals surface area contributed by atoms with E-state index in [0.717, 1.165) is 23.7 Å². The third-order valence-electron chi connectivity index (χ3n) is 5.57. The van der Waals surface area contributed by atoms with Crippen LogP contribution in [0.5, 0.6) is 0 Å². The summed E-state index contributed by atoms with van der Waals surface area (Å²) in [6.07, 6.45) is 1.61. The lowest BCUT2D eigenvalue weighted by Crippen LogP contribution is -2.48. The first-order valence-corrected chi connectivity index (χ1v) is 13.2. The van der Waals surface area contributed by atoms with Crippen LogP contribution < -0.4 is 5.32 Å². The van der Waals surface area contributed by atoms with Crippen molar-refractivity contribution in [2.75, 3.05) is 45.6 Å². The minimum atomic E-state index is -3.58. The molecule has 0 aliphatic carbocycles. The molecule has 0 aromatic heterocycles. The smallest absolute Gasteiger partial charge is 0.410 e. The second kappa shape index (κ2) is 11.5. The number of amides is 2. The molecule has 1 N–H and O–H groups in total. The number of carbonyl (C=O) groups excluding carboxylic acids is 2. The van der Waals surface area contributed by atoms with Crippen molar-refractivity contribution in [1.29, 1.82) is 0 Å². The molecule has 1 heterocycles. The van der Waals surface area contributed by atoms with Gasteiger partial charge in [0.1, 0.15) is 5.60 Å². The summed E-state index contributed by atoms with van der Waals surface area (Å²) in [7, 11) is -0.640. The Bertz CT molecular complexity index is 956. The molecule has 1 fully saturated rings. The quantitative estimate of drug-likeness (QED) is 0.593. The number of likely N-dealkylation sites (tertiary alicyclic amines) is 1. The van der Waals surface area contributed by atoms with Crippen molar-refractivity contribution in [3.05, 3.63) is 24.3 Å². The molecule has 1 saturated heterocycles. The van der Waals surface area contributed by atoms with E-state index in [-0.39, 0.29) is 35.4 Å². The van der Waals surface area contributed by atoms with E-state index in [4.69, 9.17) is 4.74 Å². The molecule has 0 bridgehead atoms. The predicted octanol–water partition coefficient (Wildman–Crippen LogP) is 3.23. The molecular formula is C24H40N4O5S. The highest BCUT2D eigenvalue weighted by Gasteiger charge is 2.29. The fraction of sp³-hybridized carbons (Fsp3) is 0.667. The molecular weight excluding hydrogens is 456 g/mol. The van der Waals surface area contributed by atoms with Gasteiger partial charge in [0.15, 0.2) is 0 Å². The first-order chi connectivity index (χ1) is 15.7. The fourth-order valence-corrected chi connectivity index (χ4v) is 4.84. The molecule has 1 atom stereocenters. The van der Waals surface area contributed by atoms with Gasteiger partial charge in [-0.3, -0.25) is 9.69 Å². The summed E-state index contributed by atoms with van der Waals surface area (Å²) >= 11 is 0. The summed E-state index contributed by atoms with van der Waals surface area (Å²) in [6.45, 7) is 11.8. The van der Waals surface area contributed by atoms with Crippen molar-refractivity contribution in [1.82, 2.24) is 14.1 Å². The first kappa shape index (κ1) is 28.1. The Morgan fingerprint density at radius 1 is 1.24 bits per heavy atom. The van der Waals surface area contributed by atoms with Gasteiger partial charge in [0.2, 0.25) is 15.9 Å². The van der Waals surface area contributed by atoms with Gasteiger partial charge in [-0.05, 0) is 78.1 Å². The zero-order chi connectivity index (χ0) is 25.7. The van der Waals surface area contributed by atoms with Gasteiger partial charge in [-0.15, -0.1) is 0 Å². The monoisotopic (exact) mass is 496 g/mol. The zero-order valence-electron chi connectivity index (χ0n) is 21.5. The lowest BCUT2D eigenvalue weighted by atomic mass is 9.97. The maximum Gasteiger partial charge on any atom is 0.410 e. The van der Waals surface area contributed by atoms with Gasteiger partial charge in [0.25, 0.3) is 0 Å². The fourth-order valence-electron chi connectivity index (χ4n) is 3.89. The molecule has 0 unspecified atom stereocenters. The first-order valence-electron chi connectivity index (χ1n) is 11.7. The number of hydrogen-bond acceptors (Lipinski definition) is 6.